The van der Waals surface area contributed by atoms with E-state index in [4.69, 9.17) is 10.5 Å². The second kappa shape index (κ2) is 6.83. The third-order valence-corrected chi connectivity index (χ3v) is 4.06. The fourth-order valence-electron chi connectivity index (χ4n) is 2.14. The van der Waals surface area contributed by atoms with Crippen molar-refractivity contribution in [3.05, 3.63) is 17.0 Å². The lowest BCUT2D eigenvalue weighted by molar-refractivity contribution is -0.119. The Labute approximate surface area is 121 Å². The van der Waals surface area contributed by atoms with Crippen molar-refractivity contribution < 1.29 is 14.3 Å². The first kappa shape index (κ1) is 15.0. The quantitative estimate of drug-likeness (QED) is 0.845. The van der Waals surface area contributed by atoms with E-state index >= 15 is 0 Å². The lowest BCUT2D eigenvalue weighted by Gasteiger charge is -2.31. The summed E-state index contributed by atoms with van der Waals surface area (Å²) in [5.74, 6) is -0.661. The number of morpholine rings is 1. The second-order valence-corrected chi connectivity index (χ2v) is 5.63. The average molecular weight is 297 g/mol. The van der Waals surface area contributed by atoms with Crippen LogP contribution < -0.4 is 11.1 Å². The van der Waals surface area contributed by atoms with Crippen LogP contribution in [0.2, 0.25) is 0 Å². The minimum atomic E-state index is -0.529. The molecule has 0 spiro atoms. The first-order valence-electron chi connectivity index (χ1n) is 6.61. The molecule has 2 heterocycles. The maximum absolute atomic E-state index is 12.0. The Morgan fingerprint density at radius 3 is 3.10 bits per heavy atom. The van der Waals surface area contributed by atoms with Crippen molar-refractivity contribution in [2.45, 2.75) is 19.4 Å². The van der Waals surface area contributed by atoms with E-state index in [1.54, 1.807) is 11.4 Å². The van der Waals surface area contributed by atoms with Crippen molar-refractivity contribution in [1.29, 1.82) is 0 Å². The number of carbonyl (C=O) groups is 2. The number of nitrogens with two attached hydrogens (primary N) is 1. The summed E-state index contributed by atoms with van der Waals surface area (Å²) in [6, 6.07) is 1.62. The number of thiophene rings is 1. The van der Waals surface area contributed by atoms with E-state index < -0.39 is 5.91 Å². The molecule has 1 saturated heterocycles. The van der Waals surface area contributed by atoms with Crippen molar-refractivity contribution in [2.24, 2.45) is 5.73 Å². The summed E-state index contributed by atoms with van der Waals surface area (Å²) < 4.78 is 5.56. The number of rotatable bonds is 5. The van der Waals surface area contributed by atoms with E-state index in [1.165, 1.54) is 11.3 Å². The Balaban J connectivity index is 1.89. The van der Waals surface area contributed by atoms with Gasteiger partial charge in [0, 0.05) is 13.1 Å². The molecule has 0 radical (unpaired) electrons. The predicted octanol–water partition coefficient (Wildman–Crippen LogP) is 0.896. The molecule has 1 fully saturated rings. The highest BCUT2D eigenvalue weighted by Gasteiger charge is 2.21. The second-order valence-electron chi connectivity index (χ2n) is 4.71. The number of primary amides is 1. The Morgan fingerprint density at radius 2 is 2.40 bits per heavy atom. The van der Waals surface area contributed by atoms with Crippen molar-refractivity contribution in [3.8, 4) is 0 Å². The number of nitrogens with zero attached hydrogens (tertiary/aromatic N) is 1. The van der Waals surface area contributed by atoms with Crippen LogP contribution in [-0.4, -0.2) is 49.1 Å². The zero-order chi connectivity index (χ0) is 14.5. The number of ether oxygens (including phenoxy) is 1. The van der Waals surface area contributed by atoms with Gasteiger partial charge in [-0.25, -0.2) is 0 Å². The fraction of sp³-hybridized carbons (Fsp3) is 0.538. The Bertz CT molecular complexity index is 489. The standard InChI is InChI=1S/C13H19N3O3S/c1-2-9-7-16(4-5-19-9)8-11(17)15-13-10(12(14)18)3-6-20-13/h3,6,9H,2,4-5,7-8H2,1H3,(H2,14,18)(H,15,17)/t9-/m1/s1. The van der Waals surface area contributed by atoms with Gasteiger partial charge in [-0.2, -0.15) is 0 Å². The molecule has 110 valence electrons. The highest BCUT2D eigenvalue weighted by molar-refractivity contribution is 7.14. The van der Waals surface area contributed by atoms with Crippen LogP contribution in [-0.2, 0) is 9.53 Å². The third-order valence-electron chi connectivity index (χ3n) is 3.23. The molecule has 2 rings (SSSR count). The van der Waals surface area contributed by atoms with Gasteiger partial charge in [0.15, 0.2) is 0 Å². The number of hydrogen-bond donors (Lipinski definition) is 2. The largest absolute Gasteiger partial charge is 0.376 e. The van der Waals surface area contributed by atoms with Crippen LogP contribution in [0.5, 0.6) is 0 Å². The Kier molecular flexibility index (Phi) is 5.11. The molecule has 0 unspecified atom stereocenters. The van der Waals surface area contributed by atoms with Crippen LogP contribution in [0.25, 0.3) is 0 Å². The summed E-state index contributed by atoms with van der Waals surface area (Å²) in [5.41, 5.74) is 5.60. The molecule has 3 N–H and O–H groups in total. The van der Waals surface area contributed by atoms with Crippen LogP contribution in [0.4, 0.5) is 5.00 Å². The minimum Gasteiger partial charge on any atom is -0.376 e. The molecule has 0 saturated carbocycles. The van der Waals surface area contributed by atoms with Gasteiger partial charge in [-0.3, -0.25) is 14.5 Å². The first-order chi connectivity index (χ1) is 9.60. The lowest BCUT2D eigenvalue weighted by atomic mass is 10.2. The van der Waals surface area contributed by atoms with Gasteiger partial charge in [0.1, 0.15) is 5.00 Å². The molecule has 0 bridgehead atoms. The summed E-state index contributed by atoms with van der Waals surface area (Å²) in [4.78, 5) is 25.3. The molecule has 1 aromatic rings. The van der Waals surface area contributed by atoms with Gasteiger partial charge in [0.2, 0.25) is 5.91 Å². The monoisotopic (exact) mass is 297 g/mol. The molecule has 20 heavy (non-hydrogen) atoms. The lowest BCUT2D eigenvalue weighted by Crippen LogP contribution is -2.45. The molecule has 2 amide bonds. The number of carbonyl (C=O) groups excluding carboxylic acids is 2. The zero-order valence-corrected chi connectivity index (χ0v) is 12.2. The summed E-state index contributed by atoms with van der Waals surface area (Å²) in [6.45, 7) is 4.53. The molecule has 1 aliphatic heterocycles. The van der Waals surface area contributed by atoms with Crippen LogP contribution in [0, 0.1) is 0 Å². The van der Waals surface area contributed by atoms with Crippen LogP contribution in [0.15, 0.2) is 11.4 Å². The summed E-state index contributed by atoms with van der Waals surface area (Å²) in [7, 11) is 0. The van der Waals surface area contributed by atoms with E-state index in [0.29, 0.717) is 23.7 Å². The van der Waals surface area contributed by atoms with Crippen LogP contribution in [0.3, 0.4) is 0 Å². The number of amides is 2. The van der Waals surface area contributed by atoms with E-state index in [0.717, 1.165) is 19.5 Å². The van der Waals surface area contributed by atoms with E-state index in [9.17, 15) is 9.59 Å². The summed E-state index contributed by atoms with van der Waals surface area (Å²) in [5, 5.41) is 5.00. The molecule has 1 aliphatic rings. The maximum atomic E-state index is 12.0. The van der Waals surface area contributed by atoms with Gasteiger partial charge in [-0.05, 0) is 17.9 Å². The topological polar surface area (TPSA) is 84.7 Å². The van der Waals surface area contributed by atoms with E-state index in [-0.39, 0.29) is 12.0 Å². The molecule has 0 aliphatic carbocycles. The number of nitrogens with one attached hydrogen (secondary N) is 1. The maximum Gasteiger partial charge on any atom is 0.251 e. The molecular formula is C13H19N3O3S. The van der Waals surface area contributed by atoms with Crippen LogP contribution in [0.1, 0.15) is 23.7 Å². The molecular weight excluding hydrogens is 278 g/mol. The number of hydrogen-bond acceptors (Lipinski definition) is 5. The highest BCUT2D eigenvalue weighted by atomic mass is 32.1. The van der Waals surface area contributed by atoms with Crippen molar-refractivity contribution in [1.82, 2.24) is 4.90 Å². The Hall–Kier alpha value is -1.44. The number of anilines is 1. The zero-order valence-electron chi connectivity index (χ0n) is 11.4. The third kappa shape index (κ3) is 3.78. The summed E-state index contributed by atoms with van der Waals surface area (Å²) in [6.07, 6.45) is 1.13. The molecule has 7 heteroatoms. The normalized spacial score (nSPS) is 19.8. The average Bonchev–Trinajstić information content (AvgIpc) is 2.87. The van der Waals surface area contributed by atoms with Gasteiger partial charge in [0.25, 0.3) is 5.91 Å². The fourth-order valence-corrected chi connectivity index (χ4v) is 2.95. The van der Waals surface area contributed by atoms with Gasteiger partial charge in [0.05, 0.1) is 24.8 Å². The minimum absolute atomic E-state index is 0.133. The van der Waals surface area contributed by atoms with Gasteiger partial charge >= 0.3 is 0 Å². The van der Waals surface area contributed by atoms with Crippen molar-refractivity contribution >= 4 is 28.2 Å². The molecule has 6 nitrogen and oxygen atoms in total. The van der Waals surface area contributed by atoms with Crippen molar-refractivity contribution in [3.63, 3.8) is 0 Å². The predicted molar refractivity (Wildman–Crippen MR) is 77.9 cm³/mol. The van der Waals surface area contributed by atoms with Gasteiger partial charge < -0.3 is 15.8 Å². The van der Waals surface area contributed by atoms with Gasteiger partial charge in [-0.1, -0.05) is 6.92 Å². The SMILES string of the molecule is CC[C@@H]1CN(CC(=O)Nc2sccc2C(N)=O)CCO1. The van der Waals surface area contributed by atoms with Gasteiger partial charge in [-0.15, -0.1) is 11.3 Å². The van der Waals surface area contributed by atoms with Crippen LogP contribution >= 0.6 is 11.3 Å². The van der Waals surface area contributed by atoms with E-state index in [1.807, 2.05) is 0 Å². The smallest absolute Gasteiger partial charge is 0.251 e. The molecule has 1 aromatic heterocycles. The summed E-state index contributed by atoms with van der Waals surface area (Å²) >= 11 is 1.30. The van der Waals surface area contributed by atoms with Crippen molar-refractivity contribution in [2.75, 3.05) is 31.6 Å². The Morgan fingerprint density at radius 1 is 1.60 bits per heavy atom. The molecule has 1 atom stereocenters. The highest BCUT2D eigenvalue weighted by Crippen LogP contribution is 2.22. The van der Waals surface area contributed by atoms with E-state index in [2.05, 4.69) is 17.1 Å². The molecule has 0 aromatic carbocycles. The first-order valence-corrected chi connectivity index (χ1v) is 7.49.